The number of methoxy groups -OCH3 is 1. The third-order valence-electron chi connectivity index (χ3n) is 5.55. The molecule has 0 aliphatic carbocycles. The van der Waals surface area contributed by atoms with Crippen molar-refractivity contribution in [3.63, 3.8) is 0 Å². The van der Waals surface area contributed by atoms with Crippen molar-refractivity contribution in [2.45, 2.75) is 32.7 Å². The van der Waals surface area contributed by atoms with Gasteiger partial charge in [0.05, 0.1) is 29.4 Å². The van der Waals surface area contributed by atoms with Crippen molar-refractivity contribution in [1.29, 1.82) is 0 Å². The Balaban J connectivity index is 1.62. The van der Waals surface area contributed by atoms with Crippen LogP contribution in [0.25, 0.3) is 10.2 Å². The maximum Gasteiger partial charge on any atom is 0.266 e. The first-order valence-corrected chi connectivity index (χ1v) is 11.5. The van der Waals surface area contributed by atoms with Gasteiger partial charge in [0.2, 0.25) is 5.91 Å². The van der Waals surface area contributed by atoms with Gasteiger partial charge in [0.1, 0.15) is 17.1 Å². The van der Waals surface area contributed by atoms with E-state index in [-0.39, 0.29) is 23.9 Å². The molecule has 0 radical (unpaired) electrons. The fraction of sp³-hybridized carbons (Fsp3) is 0.364. The summed E-state index contributed by atoms with van der Waals surface area (Å²) in [7, 11) is 1.50. The van der Waals surface area contributed by atoms with E-state index >= 15 is 0 Å². The highest BCUT2D eigenvalue weighted by Gasteiger charge is 2.22. The summed E-state index contributed by atoms with van der Waals surface area (Å²) in [4.78, 5) is 45.6. The van der Waals surface area contributed by atoms with Crippen LogP contribution in [0.3, 0.4) is 0 Å². The maximum atomic E-state index is 13.1. The molecule has 2 aromatic heterocycles. The average Bonchev–Trinajstić information content (AvgIpc) is 3.13. The molecule has 3 aromatic rings. The number of amides is 2. The first kappa shape index (κ1) is 22.3. The summed E-state index contributed by atoms with van der Waals surface area (Å²) in [6.07, 6.45) is 4.47. The zero-order valence-corrected chi connectivity index (χ0v) is 19.4. The van der Waals surface area contributed by atoms with Crippen molar-refractivity contribution in [3.05, 3.63) is 50.3 Å². The average molecular weight is 475 g/mol. The van der Waals surface area contributed by atoms with Crippen molar-refractivity contribution in [2.75, 3.05) is 25.5 Å². The monoisotopic (exact) mass is 474 g/mol. The van der Waals surface area contributed by atoms with Crippen molar-refractivity contribution < 1.29 is 14.3 Å². The van der Waals surface area contributed by atoms with E-state index in [0.29, 0.717) is 37.1 Å². The van der Waals surface area contributed by atoms with Crippen molar-refractivity contribution in [2.24, 2.45) is 0 Å². The Morgan fingerprint density at radius 3 is 2.72 bits per heavy atom. The number of benzene rings is 1. The molecular weight excluding hydrogens is 452 g/mol. The third-order valence-corrected chi connectivity index (χ3v) is 6.98. The minimum Gasteiger partial charge on any atom is -0.495 e. The molecule has 0 atom stereocenters. The molecular formula is C22H23ClN4O4S. The lowest BCUT2D eigenvalue weighted by atomic mass is 10.1. The summed E-state index contributed by atoms with van der Waals surface area (Å²) >= 11 is 7.18. The van der Waals surface area contributed by atoms with Crippen LogP contribution in [0.4, 0.5) is 5.69 Å². The molecule has 1 aromatic carbocycles. The molecule has 0 saturated carbocycles. The summed E-state index contributed by atoms with van der Waals surface area (Å²) < 4.78 is 6.60. The smallest absolute Gasteiger partial charge is 0.266 e. The van der Waals surface area contributed by atoms with Gasteiger partial charge in [0.15, 0.2) is 0 Å². The van der Waals surface area contributed by atoms with E-state index in [9.17, 15) is 14.4 Å². The predicted molar refractivity (Wildman–Crippen MR) is 125 cm³/mol. The molecule has 1 N–H and O–H groups in total. The quantitative estimate of drug-likeness (QED) is 0.608. The van der Waals surface area contributed by atoms with Crippen LogP contribution in [0.15, 0.2) is 29.3 Å². The van der Waals surface area contributed by atoms with Gasteiger partial charge in [-0.05, 0) is 49.9 Å². The van der Waals surface area contributed by atoms with E-state index in [1.54, 1.807) is 30.0 Å². The van der Waals surface area contributed by atoms with Gasteiger partial charge in [-0.25, -0.2) is 4.98 Å². The van der Waals surface area contributed by atoms with Gasteiger partial charge in [-0.1, -0.05) is 11.6 Å². The van der Waals surface area contributed by atoms with Crippen LogP contribution in [-0.2, 0) is 11.3 Å². The Bertz CT molecular complexity index is 1250. The number of hydrogen-bond acceptors (Lipinski definition) is 6. The van der Waals surface area contributed by atoms with Crippen LogP contribution < -0.4 is 15.6 Å². The summed E-state index contributed by atoms with van der Waals surface area (Å²) in [5.74, 6) is -0.00789. The molecule has 32 heavy (non-hydrogen) atoms. The SMILES string of the molecule is COc1ccc(Cl)cc1NC(=O)c1sc2ncn(CC(=O)N3CCCCC3)c(=O)c2c1C. The summed E-state index contributed by atoms with van der Waals surface area (Å²) in [6, 6.07) is 4.92. The van der Waals surface area contributed by atoms with Crippen LogP contribution in [-0.4, -0.2) is 46.5 Å². The number of hydrogen-bond donors (Lipinski definition) is 1. The molecule has 1 aliphatic rings. The molecule has 0 spiro atoms. The Labute approximate surface area is 193 Å². The summed E-state index contributed by atoms with van der Waals surface area (Å²) in [6.45, 7) is 3.09. The van der Waals surface area contributed by atoms with Gasteiger partial charge in [-0.15, -0.1) is 11.3 Å². The molecule has 4 rings (SSSR count). The van der Waals surface area contributed by atoms with E-state index < -0.39 is 0 Å². The maximum absolute atomic E-state index is 13.1. The number of aryl methyl sites for hydroxylation is 1. The van der Waals surface area contributed by atoms with Gasteiger partial charge in [-0.2, -0.15) is 0 Å². The Morgan fingerprint density at radius 2 is 2.00 bits per heavy atom. The van der Waals surface area contributed by atoms with E-state index in [1.807, 2.05) is 0 Å². The highest BCUT2D eigenvalue weighted by molar-refractivity contribution is 7.20. The van der Waals surface area contributed by atoms with Gasteiger partial charge < -0.3 is 15.0 Å². The number of thiophene rings is 1. The number of nitrogens with zero attached hydrogens (tertiary/aromatic N) is 3. The third kappa shape index (κ3) is 4.35. The number of halogens is 1. The molecule has 1 saturated heterocycles. The van der Waals surface area contributed by atoms with Crippen molar-refractivity contribution >= 4 is 50.7 Å². The summed E-state index contributed by atoms with van der Waals surface area (Å²) in [5.41, 5.74) is 0.633. The molecule has 1 fully saturated rings. The first-order valence-electron chi connectivity index (χ1n) is 10.3. The predicted octanol–water partition coefficient (Wildman–Crippen LogP) is 3.69. The van der Waals surface area contributed by atoms with Crippen molar-refractivity contribution in [3.8, 4) is 5.75 Å². The van der Waals surface area contributed by atoms with Crippen LogP contribution in [0.5, 0.6) is 5.75 Å². The standard InChI is InChI=1S/C22H23ClN4O4S/c1-13-18-21(24-12-27(22(18)30)11-17(28)26-8-4-3-5-9-26)32-19(13)20(29)25-15-10-14(23)6-7-16(15)31-2/h6-7,10,12H,3-5,8-9,11H2,1-2H3,(H,25,29). The van der Waals surface area contributed by atoms with E-state index in [4.69, 9.17) is 16.3 Å². The van der Waals surface area contributed by atoms with Crippen LogP contribution in [0.2, 0.25) is 5.02 Å². The van der Waals surface area contributed by atoms with Gasteiger partial charge >= 0.3 is 0 Å². The number of carbonyl (C=O) groups excluding carboxylic acids is 2. The van der Waals surface area contributed by atoms with Crippen LogP contribution in [0.1, 0.15) is 34.5 Å². The molecule has 0 bridgehead atoms. The fourth-order valence-corrected chi connectivity index (χ4v) is 5.04. The highest BCUT2D eigenvalue weighted by atomic mass is 35.5. The molecule has 1 aliphatic heterocycles. The van der Waals surface area contributed by atoms with Crippen molar-refractivity contribution in [1.82, 2.24) is 14.5 Å². The number of likely N-dealkylation sites (tertiary alicyclic amines) is 1. The van der Waals surface area contributed by atoms with Gasteiger partial charge in [0.25, 0.3) is 11.5 Å². The highest BCUT2D eigenvalue weighted by Crippen LogP contribution is 2.31. The second kappa shape index (κ2) is 9.30. The zero-order valence-electron chi connectivity index (χ0n) is 17.8. The molecule has 8 nitrogen and oxygen atoms in total. The lowest BCUT2D eigenvalue weighted by Gasteiger charge is -2.26. The molecule has 10 heteroatoms. The largest absolute Gasteiger partial charge is 0.495 e. The number of ether oxygens (including phenoxy) is 1. The topological polar surface area (TPSA) is 93.5 Å². The normalized spacial score (nSPS) is 13.9. The Morgan fingerprint density at radius 1 is 1.25 bits per heavy atom. The second-order valence-corrected chi connectivity index (χ2v) is 9.09. The van der Waals surface area contributed by atoms with Gasteiger partial charge in [-0.3, -0.25) is 19.0 Å². The number of nitrogens with one attached hydrogen (secondary N) is 1. The Hall–Kier alpha value is -2.91. The number of aromatic nitrogens is 2. The Kier molecular flexibility index (Phi) is 6.48. The van der Waals surface area contributed by atoms with Crippen LogP contribution in [0, 0.1) is 6.92 Å². The number of piperidine rings is 1. The lowest BCUT2D eigenvalue weighted by molar-refractivity contribution is -0.132. The summed E-state index contributed by atoms with van der Waals surface area (Å²) in [5, 5.41) is 3.60. The molecule has 168 valence electrons. The van der Waals surface area contributed by atoms with Gasteiger partial charge in [0, 0.05) is 18.1 Å². The van der Waals surface area contributed by atoms with Crippen LogP contribution >= 0.6 is 22.9 Å². The number of carbonyl (C=O) groups is 2. The lowest BCUT2D eigenvalue weighted by Crippen LogP contribution is -2.39. The number of anilines is 1. The van der Waals surface area contributed by atoms with E-state index in [2.05, 4.69) is 10.3 Å². The first-order chi connectivity index (χ1) is 15.4. The molecule has 0 unspecified atom stereocenters. The number of rotatable bonds is 5. The van der Waals surface area contributed by atoms with E-state index in [0.717, 1.165) is 43.7 Å². The molecule has 3 heterocycles. The minimum atomic E-state index is -0.388. The number of fused-ring (bicyclic) bond motifs is 1. The zero-order chi connectivity index (χ0) is 22.8. The molecule has 2 amide bonds. The second-order valence-electron chi connectivity index (χ2n) is 7.65. The fourth-order valence-electron chi connectivity index (χ4n) is 3.83. The van der Waals surface area contributed by atoms with E-state index in [1.165, 1.54) is 18.0 Å². The minimum absolute atomic E-state index is 0.0572.